The smallest absolute Gasteiger partial charge is 0.123 e. The third kappa shape index (κ3) is 4.98. The lowest BCUT2D eigenvalue weighted by Crippen LogP contribution is -2.20. The predicted molar refractivity (Wildman–Crippen MR) is 99.4 cm³/mol. The van der Waals surface area contributed by atoms with Crippen molar-refractivity contribution in [3.05, 3.63) is 58.4 Å². The fraction of sp³-hybridized carbons (Fsp3) is 0.353. The van der Waals surface area contributed by atoms with Gasteiger partial charge in [0.05, 0.1) is 0 Å². The number of hydrogen-bond acceptors (Lipinski definition) is 3. The SMILES string of the molecule is CN1CCc2c(Cl)ccc(OCc3ccncc3)c2CC1.Cl.Cl. The molecule has 126 valence electrons. The Morgan fingerprint density at radius 1 is 1.04 bits per heavy atom. The quantitative estimate of drug-likeness (QED) is 0.804. The first kappa shape index (κ1) is 20.0. The van der Waals surface area contributed by atoms with Gasteiger partial charge >= 0.3 is 0 Å². The second-order valence-electron chi connectivity index (χ2n) is 5.45. The van der Waals surface area contributed by atoms with Crippen LogP contribution in [0.5, 0.6) is 5.75 Å². The van der Waals surface area contributed by atoms with Crippen molar-refractivity contribution in [3.63, 3.8) is 0 Å². The molecule has 0 saturated heterocycles. The lowest BCUT2D eigenvalue weighted by atomic mass is 10.0. The monoisotopic (exact) mass is 374 g/mol. The van der Waals surface area contributed by atoms with Crippen LogP contribution in [0.2, 0.25) is 5.02 Å². The maximum absolute atomic E-state index is 6.37. The van der Waals surface area contributed by atoms with Gasteiger partial charge in [-0.2, -0.15) is 0 Å². The number of ether oxygens (including phenoxy) is 1. The summed E-state index contributed by atoms with van der Waals surface area (Å²) >= 11 is 6.37. The predicted octanol–water partition coefficient (Wildman–Crippen LogP) is 4.19. The molecule has 1 aliphatic rings. The lowest BCUT2D eigenvalue weighted by molar-refractivity contribution is 0.301. The number of halogens is 3. The Labute approximate surface area is 154 Å². The third-order valence-electron chi connectivity index (χ3n) is 3.96. The minimum Gasteiger partial charge on any atom is -0.489 e. The summed E-state index contributed by atoms with van der Waals surface area (Å²) in [6, 6.07) is 7.89. The zero-order valence-corrected chi connectivity index (χ0v) is 15.4. The van der Waals surface area contributed by atoms with Gasteiger partial charge in [-0.25, -0.2) is 0 Å². The van der Waals surface area contributed by atoms with Crippen molar-refractivity contribution in [3.8, 4) is 5.75 Å². The van der Waals surface area contributed by atoms with Crippen LogP contribution in [-0.4, -0.2) is 30.0 Å². The van der Waals surface area contributed by atoms with E-state index in [1.165, 1.54) is 11.1 Å². The fourth-order valence-electron chi connectivity index (χ4n) is 2.68. The number of fused-ring (bicyclic) bond motifs is 1. The second-order valence-corrected chi connectivity index (χ2v) is 5.86. The molecular formula is C17H21Cl3N2O. The first-order chi connectivity index (χ1) is 10.2. The number of pyridine rings is 1. The van der Waals surface area contributed by atoms with E-state index >= 15 is 0 Å². The van der Waals surface area contributed by atoms with Gasteiger partial charge in [0.15, 0.2) is 0 Å². The molecule has 0 atom stereocenters. The highest BCUT2D eigenvalue weighted by atomic mass is 35.5. The molecule has 0 unspecified atom stereocenters. The molecule has 0 aliphatic carbocycles. The van der Waals surface area contributed by atoms with Crippen molar-refractivity contribution < 1.29 is 4.74 Å². The van der Waals surface area contributed by atoms with Gasteiger partial charge in [0.25, 0.3) is 0 Å². The molecule has 3 rings (SSSR count). The average Bonchev–Trinajstić information content (AvgIpc) is 2.71. The van der Waals surface area contributed by atoms with Crippen LogP contribution in [0.4, 0.5) is 0 Å². The summed E-state index contributed by atoms with van der Waals surface area (Å²) in [5.74, 6) is 0.960. The highest BCUT2D eigenvalue weighted by Gasteiger charge is 2.18. The Kier molecular flexibility index (Phi) is 8.13. The standard InChI is InChI=1S/C17H19ClN2O.2ClH/c1-20-10-6-14-15(7-11-20)17(3-2-16(14)18)21-12-13-4-8-19-9-5-13;;/h2-5,8-9H,6-7,10-12H2,1H3;2*1H. The number of hydrogen-bond donors (Lipinski definition) is 0. The van der Waals surface area contributed by atoms with Crippen molar-refractivity contribution in [2.75, 3.05) is 20.1 Å². The maximum Gasteiger partial charge on any atom is 0.123 e. The van der Waals surface area contributed by atoms with Crippen LogP contribution in [0.3, 0.4) is 0 Å². The van der Waals surface area contributed by atoms with Gasteiger partial charge in [-0.1, -0.05) is 11.6 Å². The van der Waals surface area contributed by atoms with Crippen LogP contribution in [0.15, 0.2) is 36.7 Å². The molecule has 0 bridgehead atoms. The Hall–Kier alpha value is -1.00. The third-order valence-corrected chi connectivity index (χ3v) is 4.32. The molecule has 0 spiro atoms. The van der Waals surface area contributed by atoms with Crippen molar-refractivity contribution in [1.82, 2.24) is 9.88 Å². The fourth-order valence-corrected chi connectivity index (χ4v) is 2.95. The number of benzene rings is 1. The summed E-state index contributed by atoms with van der Waals surface area (Å²) in [5.41, 5.74) is 3.63. The van der Waals surface area contributed by atoms with Gasteiger partial charge in [-0.3, -0.25) is 4.98 Å². The molecule has 0 saturated carbocycles. The summed E-state index contributed by atoms with van der Waals surface area (Å²) in [6.07, 6.45) is 5.54. The Balaban J connectivity index is 0.00000132. The van der Waals surface area contributed by atoms with Crippen molar-refractivity contribution >= 4 is 36.4 Å². The van der Waals surface area contributed by atoms with Crippen LogP contribution < -0.4 is 4.74 Å². The van der Waals surface area contributed by atoms with E-state index in [-0.39, 0.29) is 24.8 Å². The van der Waals surface area contributed by atoms with Crippen LogP contribution >= 0.6 is 36.4 Å². The van der Waals surface area contributed by atoms with E-state index in [0.29, 0.717) is 6.61 Å². The molecule has 23 heavy (non-hydrogen) atoms. The molecule has 3 nitrogen and oxygen atoms in total. The highest BCUT2D eigenvalue weighted by molar-refractivity contribution is 6.31. The van der Waals surface area contributed by atoms with Crippen molar-refractivity contribution in [2.24, 2.45) is 0 Å². The van der Waals surface area contributed by atoms with E-state index in [0.717, 1.165) is 42.3 Å². The minimum atomic E-state index is 0. The molecule has 0 N–H and O–H groups in total. The van der Waals surface area contributed by atoms with E-state index in [9.17, 15) is 0 Å². The molecule has 0 fully saturated rings. The summed E-state index contributed by atoms with van der Waals surface area (Å²) in [6.45, 7) is 2.64. The van der Waals surface area contributed by atoms with Gasteiger partial charge in [0, 0.05) is 36.1 Å². The average molecular weight is 376 g/mol. The minimum absolute atomic E-state index is 0. The Bertz CT molecular complexity index is 623. The van der Waals surface area contributed by atoms with E-state index in [4.69, 9.17) is 16.3 Å². The molecule has 0 amide bonds. The number of nitrogens with zero attached hydrogens (tertiary/aromatic N) is 2. The van der Waals surface area contributed by atoms with Gasteiger partial charge in [0.1, 0.15) is 12.4 Å². The summed E-state index contributed by atoms with van der Waals surface area (Å²) < 4.78 is 6.03. The van der Waals surface area contributed by atoms with Gasteiger partial charge in [-0.05, 0) is 55.3 Å². The largest absolute Gasteiger partial charge is 0.489 e. The van der Waals surface area contributed by atoms with Crippen LogP contribution in [0, 0.1) is 0 Å². The molecule has 1 aromatic heterocycles. The molecule has 6 heteroatoms. The zero-order chi connectivity index (χ0) is 14.7. The highest BCUT2D eigenvalue weighted by Crippen LogP contribution is 2.32. The van der Waals surface area contributed by atoms with Gasteiger partial charge in [-0.15, -0.1) is 24.8 Å². The second kappa shape index (κ2) is 9.33. The topological polar surface area (TPSA) is 25.4 Å². The van der Waals surface area contributed by atoms with Crippen molar-refractivity contribution in [1.29, 1.82) is 0 Å². The molecule has 1 aliphatic heterocycles. The van der Waals surface area contributed by atoms with Crippen molar-refractivity contribution in [2.45, 2.75) is 19.4 Å². The molecule has 1 aromatic carbocycles. The summed E-state index contributed by atoms with van der Waals surface area (Å²) in [5, 5.41) is 0.858. The lowest BCUT2D eigenvalue weighted by Gasteiger charge is -2.15. The maximum atomic E-state index is 6.37. The first-order valence-corrected chi connectivity index (χ1v) is 7.62. The number of likely N-dealkylation sites (N-methyl/N-ethyl adjacent to an activating group) is 1. The number of rotatable bonds is 3. The Morgan fingerprint density at radius 3 is 2.39 bits per heavy atom. The molecule has 0 radical (unpaired) electrons. The first-order valence-electron chi connectivity index (χ1n) is 7.24. The number of aromatic nitrogens is 1. The summed E-state index contributed by atoms with van der Waals surface area (Å²) in [4.78, 5) is 6.36. The molecular weight excluding hydrogens is 355 g/mol. The van der Waals surface area contributed by atoms with Gasteiger partial charge in [0.2, 0.25) is 0 Å². The van der Waals surface area contributed by atoms with Gasteiger partial charge < -0.3 is 9.64 Å². The zero-order valence-electron chi connectivity index (χ0n) is 13.0. The van der Waals surface area contributed by atoms with Crippen LogP contribution in [0.1, 0.15) is 16.7 Å². The Morgan fingerprint density at radius 2 is 1.70 bits per heavy atom. The van der Waals surface area contributed by atoms with E-state index in [1.807, 2.05) is 24.3 Å². The van der Waals surface area contributed by atoms with Crippen LogP contribution in [-0.2, 0) is 19.4 Å². The van der Waals surface area contributed by atoms with Crippen LogP contribution in [0.25, 0.3) is 0 Å². The normalized spacial score (nSPS) is 14.0. The van der Waals surface area contributed by atoms with E-state index < -0.39 is 0 Å². The molecule has 2 heterocycles. The van der Waals surface area contributed by atoms with E-state index in [2.05, 4.69) is 16.9 Å². The molecule has 2 aromatic rings. The summed E-state index contributed by atoms with van der Waals surface area (Å²) in [7, 11) is 2.15. The van der Waals surface area contributed by atoms with E-state index in [1.54, 1.807) is 12.4 Å².